The number of rotatable bonds is 2. The lowest BCUT2D eigenvalue weighted by atomic mass is 9.95. The first-order valence-corrected chi connectivity index (χ1v) is 6.06. The number of hydrogen-bond donors (Lipinski definition) is 1. The van der Waals surface area contributed by atoms with Gasteiger partial charge < -0.3 is 5.11 Å². The van der Waals surface area contributed by atoms with Crippen LogP contribution in [0.1, 0.15) is 10.4 Å². The van der Waals surface area contributed by atoms with E-state index in [9.17, 15) is 9.90 Å². The van der Waals surface area contributed by atoms with Crippen molar-refractivity contribution >= 4 is 17.1 Å². The SMILES string of the molecule is O=Cc1cc2ccccc2c(O)c1-c1ccccc1. The first-order chi connectivity index (χ1) is 9.31. The van der Waals surface area contributed by atoms with Crippen molar-refractivity contribution < 1.29 is 9.90 Å². The Labute approximate surface area is 110 Å². The first kappa shape index (κ1) is 11.5. The highest BCUT2D eigenvalue weighted by atomic mass is 16.3. The van der Waals surface area contributed by atoms with Crippen LogP contribution in [0.25, 0.3) is 21.9 Å². The second-order valence-electron chi connectivity index (χ2n) is 4.39. The molecule has 0 radical (unpaired) electrons. The molecule has 0 atom stereocenters. The zero-order chi connectivity index (χ0) is 13.2. The van der Waals surface area contributed by atoms with Gasteiger partial charge in [0.05, 0.1) is 0 Å². The fraction of sp³-hybridized carbons (Fsp3) is 0. The zero-order valence-corrected chi connectivity index (χ0v) is 10.2. The summed E-state index contributed by atoms with van der Waals surface area (Å²) in [6.07, 6.45) is 0.786. The molecule has 0 aliphatic carbocycles. The number of carbonyl (C=O) groups excluding carboxylic acids is 1. The highest BCUT2D eigenvalue weighted by Crippen LogP contribution is 2.38. The summed E-state index contributed by atoms with van der Waals surface area (Å²) < 4.78 is 0. The molecule has 3 aromatic rings. The van der Waals surface area contributed by atoms with Crippen molar-refractivity contribution in [2.45, 2.75) is 0 Å². The van der Waals surface area contributed by atoms with Crippen molar-refractivity contribution in [3.8, 4) is 16.9 Å². The van der Waals surface area contributed by atoms with E-state index < -0.39 is 0 Å². The Hall–Kier alpha value is -2.61. The maximum Gasteiger partial charge on any atom is 0.150 e. The van der Waals surface area contributed by atoms with Gasteiger partial charge in [-0.1, -0.05) is 54.6 Å². The van der Waals surface area contributed by atoms with Gasteiger partial charge in [-0.25, -0.2) is 0 Å². The molecule has 0 amide bonds. The molecule has 0 saturated carbocycles. The number of aromatic hydroxyl groups is 1. The molecule has 0 bridgehead atoms. The van der Waals surface area contributed by atoms with E-state index in [1.165, 1.54) is 0 Å². The topological polar surface area (TPSA) is 37.3 Å². The van der Waals surface area contributed by atoms with Gasteiger partial charge >= 0.3 is 0 Å². The van der Waals surface area contributed by atoms with Crippen molar-refractivity contribution in [2.75, 3.05) is 0 Å². The molecule has 0 fully saturated rings. The largest absolute Gasteiger partial charge is 0.507 e. The standard InChI is InChI=1S/C17H12O2/c18-11-14-10-13-8-4-5-9-15(13)17(19)16(14)12-6-2-1-3-7-12/h1-11,19H. The minimum absolute atomic E-state index is 0.159. The van der Waals surface area contributed by atoms with E-state index in [2.05, 4.69) is 0 Å². The third kappa shape index (κ3) is 1.87. The molecule has 0 aliphatic heterocycles. The van der Waals surface area contributed by atoms with Crippen LogP contribution in [0.15, 0.2) is 60.7 Å². The van der Waals surface area contributed by atoms with Crippen molar-refractivity contribution in [1.82, 2.24) is 0 Å². The second-order valence-corrected chi connectivity index (χ2v) is 4.39. The molecule has 0 saturated heterocycles. The average molecular weight is 248 g/mol. The van der Waals surface area contributed by atoms with Crippen LogP contribution in [-0.2, 0) is 0 Å². The number of hydrogen-bond acceptors (Lipinski definition) is 2. The van der Waals surface area contributed by atoms with E-state index in [0.717, 1.165) is 22.6 Å². The Morgan fingerprint density at radius 2 is 1.58 bits per heavy atom. The number of aldehydes is 1. The zero-order valence-electron chi connectivity index (χ0n) is 10.2. The summed E-state index contributed by atoms with van der Waals surface area (Å²) in [5.74, 6) is 0.159. The van der Waals surface area contributed by atoms with Crippen LogP contribution in [0.4, 0.5) is 0 Å². The summed E-state index contributed by atoms with van der Waals surface area (Å²) in [5.41, 5.74) is 1.93. The minimum atomic E-state index is 0.159. The van der Waals surface area contributed by atoms with Gasteiger partial charge in [0, 0.05) is 16.5 Å². The maximum atomic E-state index is 11.3. The van der Waals surface area contributed by atoms with E-state index in [0.29, 0.717) is 11.1 Å². The number of carbonyl (C=O) groups is 1. The van der Waals surface area contributed by atoms with Crippen LogP contribution in [0, 0.1) is 0 Å². The quantitative estimate of drug-likeness (QED) is 0.695. The van der Waals surface area contributed by atoms with E-state index in [-0.39, 0.29) is 5.75 Å². The molecule has 0 heterocycles. The number of phenols is 1. The molecule has 1 N–H and O–H groups in total. The lowest BCUT2D eigenvalue weighted by Gasteiger charge is -2.11. The molecule has 0 spiro atoms. The fourth-order valence-electron chi connectivity index (χ4n) is 2.35. The number of fused-ring (bicyclic) bond motifs is 1. The second kappa shape index (κ2) is 4.58. The lowest BCUT2D eigenvalue weighted by molar-refractivity contribution is 0.112. The van der Waals surface area contributed by atoms with Crippen LogP contribution in [0.2, 0.25) is 0 Å². The highest BCUT2D eigenvalue weighted by molar-refractivity contribution is 6.02. The number of benzene rings is 3. The van der Waals surface area contributed by atoms with Crippen molar-refractivity contribution in [3.63, 3.8) is 0 Å². The van der Waals surface area contributed by atoms with E-state index >= 15 is 0 Å². The van der Waals surface area contributed by atoms with Gasteiger partial charge in [-0.05, 0) is 17.0 Å². The Bertz CT molecular complexity index is 746. The minimum Gasteiger partial charge on any atom is -0.507 e. The number of phenolic OH excluding ortho intramolecular Hbond substituents is 1. The maximum absolute atomic E-state index is 11.3. The summed E-state index contributed by atoms with van der Waals surface area (Å²) >= 11 is 0. The van der Waals surface area contributed by atoms with E-state index in [4.69, 9.17) is 0 Å². The van der Waals surface area contributed by atoms with Crippen molar-refractivity contribution in [3.05, 3.63) is 66.2 Å². The molecular formula is C17H12O2. The summed E-state index contributed by atoms with van der Waals surface area (Å²) in [7, 11) is 0. The third-order valence-electron chi connectivity index (χ3n) is 3.24. The predicted molar refractivity (Wildman–Crippen MR) is 76.4 cm³/mol. The summed E-state index contributed by atoms with van der Waals surface area (Å²) in [6, 6.07) is 18.8. The highest BCUT2D eigenvalue weighted by Gasteiger charge is 2.13. The van der Waals surface area contributed by atoms with Gasteiger partial charge in [0.25, 0.3) is 0 Å². The monoisotopic (exact) mass is 248 g/mol. The molecule has 19 heavy (non-hydrogen) atoms. The Balaban J connectivity index is 2.40. The third-order valence-corrected chi connectivity index (χ3v) is 3.24. The fourth-order valence-corrected chi connectivity index (χ4v) is 2.35. The lowest BCUT2D eigenvalue weighted by Crippen LogP contribution is -1.90. The van der Waals surface area contributed by atoms with Gasteiger partial charge in [-0.2, -0.15) is 0 Å². The van der Waals surface area contributed by atoms with Crippen LogP contribution in [0.5, 0.6) is 5.75 Å². The smallest absolute Gasteiger partial charge is 0.150 e. The predicted octanol–water partition coefficient (Wildman–Crippen LogP) is 4.02. The molecule has 3 rings (SSSR count). The van der Waals surface area contributed by atoms with Gasteiger partial charge in [-0.15, -0.1) is 0 Å². The Kier molecular flexibility index (Phi) is 2.76. The van der Waals surface area contributed by atoms with E-state index in [1.54, 1.807) is 0 Å². The molecule has 0 aliphatic rings. The molecule has 92 valence electrons. The molecule has 0 unspecified atom stereocenters. The average Bonchev–Trinajstić information content (AvgIpc) is 2.48. The van der Waals surface area contributed by atoms with Crippen molar-refractivity contribution in [2.24, 2.45) is 0 Å². The van der Waals surface area contributed by atoms with Crippen LogP contribution in [-0.4, -0.2) is 11.4 Å². The van der Waals surface area contributed by atoms with Gasteiger partial charge in [0.1, 0.15) is 5.75 Å². The molecule has 2 nitrogen and oxygen atoms in total. The van der Waals surface area contributed by atoms with Crippen LogP contribution < -0.4 is 0 Å². The molecule has 3 aromatic carbocycles. The van der Waals surface area contributed by atoms with Gasteiger partial charge in [-0.3, -0.25) is 4.79 Å². The molecule has 0 aromatic heterocycles. The normalized spacial score (nSPS) is 10.5. The summed E-state index contributed by atoms with van der Waals surface area (Å²) in [6.45, 7) is 0. The van der Waals surface area contributed by atoms with E-state index in [1.807, 2.05) is 60.7 Å². The summed E-state index contributed by atoms with van der Waals surface area (Å²) in [4.78, 5) is 11.3. The van der Waals surface area contributed by atoms with Gasteiger partial charge in [0.15, 0.2) is 6.29 Å². The first-order valence-electron chi connectivity index (χ1n) is 6.06. The van der Waals surface area contributed by atoms with Crippen molar-refractivity contribution in [1.29, 1.82) is 0 Å². The molecule has 2 heteroatoms. The Morgan fingerprint density at radius 3 is 2.32 bits per heavy atom. The van der Waals surface area contributed by atoms with Crippen LogP contribution in [0.3, 0.4) is 0 Å². The Morgan fingerprint density at radius 1 is 0.895 bits per heavy atom. The molecular weight excluding hydrogens is 236 g/mol. The van der Waals surface area contributed by atoms with Gasteiger partial charge in [0.2, 0.25) is 0 Å². The summed E-state index contributed by atoms with van der Waals surface area (Å²) in [5, 5.41) is 12.1. The van der Waals surface area contributed by atoms with Crippen LogP contribution >= 0.6 is 0 Å².